The molecular weight excluding hydrogens is 384 g/mol. The molecule has 1 aliphatic heterocycles. The fraction of sp³-hybridized carbons (Fsp3) is 0.136. The van der Waals surface area contributed by atoms with Crippen molar-refractivity contribution in [2.75, 3.05) is 0 Å². The maximum atomic E-state index is 12.4. The van der Waals surface area contributed by atoms with E-state index in [4.69, 9.17) is 9.52 Å². The summed E-state index contributed by atoms with van der Waals surface area (Å²) in [5.74, 6) is 0.577. The van der Waals surface area contributed by atoms with Crippen LogP contribution in [0, 0.1) is 0 Å². The Kier molecular flexibility index (Phi) is 4.37. The van der Waals surface area contributed by atoms with E-state index in [2.05, 4.69) is 5.10 Å². The van der Waals surface area contributed by atoms with Crippen LogP contribution in [-0.2, 0) is 4.79 Å². The van der Waals surface area contributed by atoms with Crippen LogP contribution in [0.15, 0.2) is 82.0 Å². The molecule has 4 aromatic rings. The van der Waals surface area contributed by atoms with E-state index >= 15 is 0 Å². The van der Waals surface area contributed by atoms with E-state index in [0.29, 0.717) is 12.2 Å². The van der Waals surface area contributed by atoms with Crippen molar-refractivity contribution < 1.29 is 9.21 Å². The number of furan rings is 1. The molecule has 0 bridgehead atoms. The van der Waals surface area contributed by atoms with Crippen molar-refractivity contribution in [3.63, 3.8) is 0 Å². The van der Waals surface area contributed by atoms with E-state index in [1.165, 1.54) is 6.92 Å². The second kappa shape index (κ2) is 7.18. The van der Waals surface area contributed by atoms with Crippen LogP contribution >= 0.6 is 11.3 Å². The van der Waals surface area contributed by atoms with Crippen molar-refractivity contribution in [2.24, 2.45) is 5.10 Å². The largest absolute Gasteiger partial charge is 0.463 e. The SMILES string of the molecule is CC(=O)N1N=C(c2ccco2)CC1c1cn(-c2ccccc2)nc1-c1cccs1. The molecule has 0 saturated carbocycles. The van der Waals surface area contributed by atoms with Crippen LogP contribution in [0.3, 0.4) is 0 Å². The normalized spacial score (nSPS) is 16.2. The third-order valence-corrected chi connectivity index (χ3v) is 5.79. The Labute approximate surface area is 171 Å². The van der Waals surface area contributed by atoms with Gasteiger partial charge in [-0.1, -0.05) is 24.3 Å². The Morgan fingerprint density at radius 1 is 1.14 bits per heavy atom. The first-order valence-corrected chi connectivity index (χ1v) is 10.2. The first-order valence-electron chi connectivity index (χ1n) is 9.31. The predicted octanol–water partition coefficient (Wildman–Crippen LogP) is 4.89. The zero-order valence-corrected chi connectivity index (χ0v) is 16.5. The summed E-state index contributed by atoms with van der Waals surface area (Å²) in [5, 5.41) is 13.0. The van der Waals surface area contributed by atoms with Crippen LogP contribution in [0.4, 0.5) is 0 Å². The summed E-state index contributed by atoms with van der Waals surface area (Å²) in [6, 6.07) is 17.5. The molecular formula is C22H18N4O2S. The third kappa shape index (κ3) is 3.19. The highest BCUT2D eigenvalue weighted by molar-refractivity contribution is 7.13. The summed E-state index contributed by atoms with van der Waals surface area (Å²) in [4.78, 5) is 13.4. The Bertz CT molecular complexity index is 1160. The van der Waals surface area contributed by atoms with Crippen molar-refractivity contribution in [1.29, 1.82) is 0 Å². The van der Waals surface area contributed by atoms with Gasteiger partial charge in [0.1, 0.15) is 17.2 Å². The second-order valence-corrected chi connectivity index (χ2v) is 7.75. The number of hydrazone groups is 1. The minimum atomic E-state index is -0.234. The van der Waals surface area contributed by atoms with Gasteiger partial charge >= 0.3 is 0 Å². The highest BCUT2D eigenvalue weighted by Crippen LogP contribution is 2.39. The molecule has 144 valence electrons. The maximum Gasteiger partial charge on any atom is 0.240 e. The molecule has 5 rings (SSSR count). The van der Waals surface area contributed by atoms with Crippen molar-refractivity contribution >= 4 is 23.0 Å². The van der Waals surface area contributed by atoms with Gasteiger partial charge in [0.25, 0.3) is 0 Å². The van der Waals surface area contributed by atoms with E-state index in [1.54, 1.807) is 22.6 Å². The number of hydrogen-bond acceptors (Lipinski definition) is 5. The molecule has 0 spiro atoms. The van der Waals surface area contributed by atoms with Crippen LogP contribution in [-0.4, -0.2) is 26.4 Å². The first kappa shape index (κ1) is 17.6. The van der Waals surface area contributed by atoms with E-state index in [-0.39, 0.29) is 11.9 Å². The molecule has 7 heteroatoms. The summed E-state index contributed by atoms with van der Waals surface area (Å²) in [6.07, 6.45) is 4.20. The van der Waals surface area contributed by atoms with Gasteiger partial charge in [0, 0.05) is 25.1 Å². The van der Waals surface area contributed by atoms with Crippen LogP contribution in [0.5, 0.6) is 0 Å². The van der Waals surface area contributed by atoms with Gasteiger partial charge in [-0.3, -0.25) is 4.79 Å². The lowest BCUT2D eigenvalue weighted by molar-refractivity contribution is -0.130. The quantitative estimate of drug-likeness (QED) is 0.488. The number of carbonyl (C=O) groups is 1. The van der Waals surface area contributed by atoms with Gasteiger partial charge in [0.15, 0.2) is 0 Å². The minimum absolute atomic E-state index is 0.110. The number of amides is 1. The molecule has 1 atom stereocenters. The first-order chi connectivity index (χ1) is 14.2. The molecule has 4 heterocycles. The summed E-state index contributed by atoms with van der Waals surface area (Å²) in [7, 11) is 0. The zero-order chi connectivity index (χ0) is 19.8. The number of aromatic nitrogens is 2. The van der Waals surface area contributed by atoms with Gasteiger partial charge in [-0.25, -0.2) is 9.69 Å². The number of rotatable bonds is 4. The zero-order valence-electron chi connectivity index (χ0n) is 15.7. The lowest BCUT2D eigenvalue weighted by Gasteiger charge is -2.19. The molecule has 6 nitrogen and oxygen atoms in total. The molecule has 0 radical (unpaired) electrons. The van der Waals surface area contributed by atoms with Gasteiger partial charge < -0.3 is 4.42 Å². The van der Waals surface area contributed by atoms with Crippen LogP contribution < -0.4 is 0 Å². The maximum absolute atomic E-state index is 12.4. The summed E-state index contributed by atoms with van der Waals surface area (Å²) >= 11 is 1.63. The number of nitrogens with zero attached hydrogens (tertiary/aromatic N) is 4. The lowest BCUT2D eigenvalue weighted by atomic mass is 10.0. The summed E-state index contributed by atoms with van der Waals surface area (Å²) in [6.45, 7) is 1.54. The number of benzene rings is 1. The van der Waals surface area contributed by atoms with Crippen molar-refractivity contribution in [3.8, 4) is 16.3 Å². The van der Waals surface area contributed by atoms with E-state index in [0.717, 1.165) is 27.5 Å². The van der Waals surface area contributed by atoms with Gasteiger partial charge in [0.05, 0.1) is 22.9 Å². The van der Waals surface area contributed by atoms with Crippen LogP contribution in [0.25, 0.3) is 16.3 Å². The predicted molar refractivity (Wildman–Crippen MR) is 112 cm³/mol. The highest BCUT2D eigenvalue weighted by atomic mass is 32.1. The average Bonchev–Trinajstić information content (AvgIpc) is 3.54. The third-order valence-electron chi connectivity index (χ3n) is 4.92. The molecule has 0 N–H and O–H groups in total. The van der Waals surface area contributed by atoms with Crippen molar-refractivity contribution in [2.45, 2.75) is 19.4 Å². The van der Waals surface area contributed by atoms with Crippen molar-refractivity contribution in [1.82, 2.24) is 14.8 Å². The van der Waals surface area contributed by atoms with E-state index in [1.807, 2.05) is 70.9 Å². The van der Waals surface area contributed by atoms with Gasteiger partial charge in [-0.05, 0) is 35.7 Å². The average molecular weight is 402 g/mol. The smallest absolute Gasteiger partial charge is 0.240 e. The van der Waals surface area contributed by atoms with Gasteiger partial charge in [-0.15, -0.1) is 11.3 Å². The van der Waals surface area contributed by atoms with Gasteiger partial charge in [-0.2, -0.15) is 10.2 Å². The fourth-order valence-corrected chi connectivity index (χ4v) is 4.31. The molecule has 1 unspecified atom stereocenters. The number of carbonyl (C=O) groups excluding carboxylic acids is 1. The molecule has 3 aromatic heterocycles. The number of para-hydroxylation sites is 1. The topological polar surface area (TPSA) is 63.6 Å². The molecule has 1 aliphatic rings. The van der Waals surface area contributed by atoms with Crippen molar-refractivity contribution in [3.05, 3.63) is 83.8 Å². The Hall–Kier alpha value is -3.45. The Morgan fingerprint density at radius 3 is 2.69 bits per heavy atom. The highest BCUT2D eigenvalue weighted by Gasteiger charge is 2.35. The fourth-order valence-electron chi connectivity index (χ4n) is 3.58. The minimum Gasteiger partial charge on any atom is -0.463 e. The molecule has 1 aromatic carbocycles. The lowest BCUT2D eigenvalue weighted by Crippen LogP contribution is -2.24. The molecule has 0 aliphatic carbocycles. The van der Waals surface area contributed by atoms with Crippen LogP contribution in [0.2, 0.25) is 0 Å². The summed E-state index contributed by atoms with van der Waals surface area (Å²) < 4.78 is 7.39. The van der Waals surface area contributed by atoms with E-state index < -0.39 is 0 Å². The number of thiophene rings is 1. The number of hydrogen-bond donors (Lipinski definition) is 0. The molecule has 29 heavy (non-hydrogen) atoms. The van der Waals surface area contributed by atoms with Crippen LogP contribution in [0.1, 0.15) is 30.7 Å². The second-order valence-electron chi connectivity index (χ2n) is 6.80. The summed E-state index contributed by atoms with van der Waals surface area (Å²) in [5.41, 5.74) is 3.57. The molecule has 0 saturated heterocycles. The monoisotopic (exact) mass is 402 g/mol. The van der Waals surface area contributed by atoms with Gasteiger partial charge in [0.2, 0.25) is 5.91 Å². The molecule has 0 fully saturated rings. The Balaban J connectivity index is 1.61. The molecule has 1 amide bonds. The van der Waals surface area contributed by atoms with E-state index in [9.17, 15) is 4.79 Å². The Morgan fingerprint density at radius 2 is 2.00 bits per heavy atom. The standard InChI is InChI=1S/C22H18N4O2S/c1-15(27)26-19(13-18(23-26)20-9-5-11-28-20)17-14-25(16-7-3-2-4-8-16)24-22(17)21-10-6-12-29-21/h2-12,14,19H,13H2,1H3.